The van der Waals surface area contributed by atoms with Crippen molar-refractivity contribution < 1.29 is 33.0 Å². The molecule has 0 radical (unpaired) electrons. The number of carbonyl (C=O) groups is 2. The lowest BCUT2D eigenvalue weighted by molar-refractivity contribution is -0.209. The lowest BCUT2D eigenvalue weighted by atomic mass is 9.45. The van der Waals surface area contributed by atoms with Crippen molar-refractivity contribution >= 4 is 11.8 Å². The summed E-state index contributed by atoms with van der Waals surface area (Å²) in [5, 5.41) is 11.2. The van der Waals surface area contributed by atoms with Crippen LogP contribution in [0.5, 0.6) is 0 Å². The number of aliphatic hydroxyl groups excluding tert-OH is 1. The molecule has 31 heavy (non-hydrogen) atoms. The summed E-state index contributed by atoms with van der Waals surface area (Å²) < 4.78 is 43.6. The summed E-state index contributed by atoms with van der Waals surface area (Å²) in [5.41, 5.74) is -4.62. The van der Waals surface area contributed by atoms with Gasteiger partial charge in [0.25, 0.3) is 0 Å². The second kappa shape index (κ2) is 7.20. The quantitative estimate of drug-likeness (QED) is 0.539. The van der Waals surface area contributed by atoms with E-state index in [4.69, 9.17) is 9.47 Å². The molecule has 3 fully saturated rings. The van der Waals surface area contributed by atoms with Crippen LogP contribution in [0.1, 0.15) is 47.0 Å². The molecule has 3 saturated carbocycles. The zero-order valence-corrected chi connectivity index (χ0v) is 18.7. The average Bonchev–Trinajstić information content (AvgIpc) is 2.96. The van der Waals surface area contributed by atoms with Gasteiger partial charge in [-0.15, -0.1) is 0 Å². The van der Waals surface area contributed by atoms with Gasteiger partial charge in [-0.2, -0.15) is 0 Å². The van der Waals surface area contributed by atoms with E-state index < -0.39 is 58.6 Å². The van der Waals surface area contributed by atoms with Crippen LogP contribution in [0.3, 0.4) is 0 Å². The van der Waals surface area contributed by atoms with E-state index in [2.05, 4.69) is 0 Å². The van der Waals surface area contributed by atoms with Crippen LogP contribution in [0.25, 0.3) is 0 Å². The lowest BCUT2D eigenvalue weighted by Crippen LogP contribution is -2.71. The molecule has 4 aliphatic carbocycles. The summed E-state index contributed by atoms with van der Waals surface area (Å²) in [6, 6.07) is 0. The van der Waals surface area contributed by atoms with E-state index in [0.717, 1.165) is 0 Å². The van der Waals surface area contributed by atoms with Crippen molar-refractivity contribution in [3.05, 3.63) is 23.8 Å². The second-order valence-corrected chi connectivity index (χ2v) is 10.2. The third-order valence-corrected chi connectivity index (χ3v) is 8.62. The predicted octanol–water partition coefficient (Wildman–Crippen LogP) is 3.50. The summed E-state index contributed by atoms with van der Waals surface area (Å²) in [6.07, 6.45) is 0.740. The summed E-state index contributed by atoms with van der Waals surface area (Å²) in [7, 11) is 1.46. The van der Waals surface area contributed by atoms with E-state index in [0.29, 0.717) is 6.42 Å². The lowest BCUT2D eigenvalue weighted by Gasteiger charge is -2.61. The van der Waals surface area contributed by atoms with Crippen molar-refractivity contribution in [2.24, 2.45) is 28.6 Å². The van der Waals surface area contributed by atoms with E-state index in [-0.39, 0.29) is 30.3 Å². The van der Waals surface area contributed by atoms with Crippen LogP contribution in [0.4, 0.5) is 8.78 Å². The Balaban J connectivity index is 1.82. The number of allylic oxidation sites excluding steroid dienone is 2. The third kappa shape index (κ3) is 2.78. The first-order chi connectivity index (χ1) is 14.5. The Labute approximate surface area is 181 Å². The molecule has 5 nitrogen and oxygen atoms in total. The summed E-state index contributed by atoms with van der Waals surface area (Å²) in [4.78, 5) is 25.4. The van der Waals surface area contributed by atoms with E-state index in [9.17, 15) is 14.7 Å². The number of aliphatic hydroxyl groups is 1. The van der Waals surface area contributed by atoms with Crippen LogP contribution in [0.15, 0.2) is 23.8 Å². The molecule has 0 saturated heterocycles. The zero-order valence-electron chi connectivity index (χ0n) is 18.7. The van der Waals surface area contributed by atoms with Crippen LogP contribution in [-0.4, -0.2) is 54.1 Å². The molecule has 0 aromatic carbocycles. The Morgan fingerprint density at radius 3 is 2.65 bits per heavy atom. The normalized spacial score (nSPS) is 50.9. The number of methoxy groups -OCH3 is 1. The number of fused-ring (bicyclic) bond motifs is 5. The van der Waals surface area contributed by atoms with Gasteiger partial charge in [-0.25, -0.2) is 8.78 Å². The summed E-state index contributed by atoms with van der Waals surface area (Å²) in [5.74, 6) is -3.20. The Morgan fingerprint density at radius 1 is 1.35 bits per heavy atom. The van der Waals surface area contributed by atoms with Gasteiger partial charge in [0.2, 0.25) is 0 Å². The fraction of sp³-hybridized carbons (Fsp3) is 0.750. The highest BCUT2D eigenvalue weighted by molar-refractivity contribution is 5.93. The van der Waals surface area contributed by atoms with E-state index in [1.165, 1.54) is 13.2 Å². The molecule has 0 bridgehead atoms. The minimum atomic E-state index is -2.36. The van der Waals surface area contributed by atoms with Crippen LogP contribution in [-0.2, 0) is 19.1 Å². The number of carbonyl (C=O) groups excluding carboxylic acids is 2. The van der Waals surface area contributed by atoms with Crippen molar-refractivity contribution in [3.63, 3.8) is 0 Å². The van der Waals surface area contributed by atoms with Gasteiger partial charge in [0.1, 0.15) is 6.10 Å². The van der Waals surface area contributed by atoms with Gasteiger partial charge in [-0.1, -0.05) is 32.9 Å². The Kier molecular flexibility index (Phi) is 5.25. The van der Waals surface area contributed by atoms with Crippen LogP contribution < -0.4 is 0 Å². The number of ether oxygens (including phenoxy) is 2. The number of hydrogen-bond donors (Lipinski definition) is 1. The minimum absolute atomic E-state index is 0.0215. The Bertz CT molecular complexity index is 855. The highest BCUT2D eigenvalue weighted by Gasteiger charge is 2.75. The molecule has 1 unspecified atom stereocenters. The van der Waals surface area contributed by atoms with Crippen molar-refractivity contribution in [1.29, 1.82) is 0 Å². The van der Waals surface area contributed by atoms with Gasteiger partial charge < -0.3 is 14.6 Å². The molecule has 4 rings (SSSR count). The highest BCUT2D eigenvalue weighted by atomic mass is 19.1. The molecule has 7 heteroatoms. The van der Waals surface area contributed by atoms with E-state index in [1.807, 2.05) is 13.8 Å². The number of hydrogen-bond acceptors (Lipinski definition) is 5. The number of esters is 1. The average molecular weight is 439 g/mol. The van der Waals surface area contributed by atoms with Crippen molar-refractivity contribution in [2.75, 3.05) is 7.11 Å². The summed E-state index contributed by atoms with van der Waals surface area (Å²) in [6.45, 7) is 7.00. The van der Waals surface area contributed by atoms with Gasteiger partial charge in [-0.3, -0.25) is 9.59 Å². The molecule has 0 spiro atoms. The molecule has 10 atom stereocenters. The number of halogens is 2. The maximum absolute atomic E-state index is 17.1. The van der Waals surface area contributed by atoms with Gasteiger partial charge in [0.05, 0.1) is 18.1 Å². The number of Topliss-reactive ketones (excluding diaryl/α,β-unsaturated/α-hetero) is 1. The molecular formula is C24H32F2O5. The fourth-order valence-electron chi connectivity index (χ4n) is 7.00. The van der Waals surface area contributed by atoms with Gasteiger partial charge in [-0.05, 0) is 43.3 Å². The largest absolute Gasteiger partial charge is 0.461 e. The molecular weight excluding hydrogens is 406 g/mol. The first-order valence-corrected chi connectivity index (χ1v) is 11.1. The summed E-state index contributed by atoms with van der Waals surface area (Å²) >= 11 is 0. The van der Waals surface area contributed by atoms with Crippen LogP contribution in [0, 0.1) is 28.6 Å². The third-order valence-electron chi connectivity index (χ3n) is 8.62. The Morgan fingerprint density at radius 2 is 2.03 bits per heavy atom. The van der Waals surface area contributed by atoms with Crippen molar-refractivity contribution in [1.82, 2.24) is 0 Å². The van der Waals surface area contributed by atoms with Gasteiger partial charge >= 0.3 is 5.97 Å². The van der Waals surface area contributed by atoms with E-state index >= 15 is 8.78 Å². The highest BCUT2D eigenvalue weighted by Crippen LogP contribution is 2.68. The second-order valence-electron chi connectivity index (χ2n) is 10.2. The topological polar surface area (TPSA) is 72.8 Å². The van der Waals surface area contributed by atoms with Crippen molar-refractivity contribution in [3.8, 4) is 0 Å². The van der Waals surface area contributed by atoms with Gasteiger partial charge in [0, 0.05) is 24.4 Å². The standard InChI is InChI=1S/C24H32F2O5/c1-6-17(28)31-21-12(2)9-14-18-20(29)19(25)15-10-13(30-5)7-8-23(15,4)24(18,26)16(27)11-22(14,21)3/h7-8,10,12-14,16,18-19,21,27H,6,9,11H2,1-5H3/t12-,13?,14+,16+,18-,19-,21+,22+,23+,24-/m1/s1. The predicted molar refractivity (Wildman–Crippen MR) is 110 cm³/mol. The maximum Gasteiger partial charge on any atom is 0.305 e. The van der Waals surface area contributed by atoms with E-state index in [1.54, 1.807) is 26.0 Å². The molecule has 0 aromatic heterocycles. The van der Waals surface area contributed by atoms with Crippen LogP contribution >= 0.6 is 0 Å². The molecule has 172 valence electrons. The SMILES string of the molecule is CCC(=O)O[C@H]1[C@H](C)C[C@H]2[C@@H]3C(=O)[C@H](F)C4=CC(OC)C=C[C@]4(C)[C@@]3(F)[C@@H](O)C[C@@]21C. The minimum Gasteiger partial charge on any atom is -0.461 e. The van der Waals surface area contributed by atoms with Crippen LogP contribution in [0.2, 0.25) is 0 Å². The number of ketones is 1. The number of alkyl halides is 2. The molecule has 4 aliphatic rings. The Hall–Kier alpha value is -1.60. The first kappa shape index (κ1) is 22.6. The molecule has 0 amide bonds. The smallest absolute Gasteiger partial charge is 0.305 e. The van der Waals surface area contributed by atoms with Gasteiger partial charge in [0.15, 0.2) is 17.6 Å². The molecule has 1 N–H and O–H groups in total. The molecule has 0 aromatic rings. The van der Waals surface area contributed by atoms with Crippen molar-refractivity contribution in [2.45, 2.75) is 77.1 Å². The first-order valence-electron chi connectivity index (χ1n) is 11.1. The monoisotopic (exact) mass is 438 g/mol. The zero-order chi connectivity index (χ0) is 22.9. The molecule has 0 heterocycles. The maximum atomic E-state index is 17.1. The molecule has 0 aliphatic heterocycles. The fourth-order valence-corrected chi connectivity index (χ4v) is 7.00. The number of rotatable bonds is 3.